The van der Waals surface area contributed by atoms with Crippen LogP contribution in [-0.2, 0) is 10.0 Å². The maximum Gasteiger partial charge on any atom is 0.266 e. The molecule has 0 atom stereocenters. The number of nitrogens with one attached hydrogen (secondary N) is 2. The Morgan fingerprint density at radius 3 is 2.58 bits per heavy atom. The second-order valence-corrected chi connectivity index (χ2v) is 6.96. The predicted octanol–water partition coefficient (Wildman–Crippen LogP) is 3.18. The molecule has 126 valence electrons. The third kappa shape index (κ3) is 2.94. The summed E-state index contributed by atoms with van der Waals surface area (Å²) in [5.74, 6) is -0.713. The Morgan fingerprint density at radius 1 is 1.12 bits per heavy atom. The van der Waals surface area contributed by atoms with E-state index in [1.807, 2.05) is 0 Å². The Hall–Kier alpha value is -2.19. The zero-order valence-corrected chi connectivity index (χ0v) is 13.8. The monoisotopic (exact) mass is 371 g/mol. The number of sulfonamides is 1. The zero-order valence-electron chi connectivity index (χ0n) is 12.2. The van der Waals surface area contributed by atoms with Crippen LogP contribution in [0, 0.1) is 5.82 Å². The number of rotatable bonds is 3. The number of nitrogens with zero attached hydrogens (tertiary/aromatic N) is 1. The van der Waals surface area contributed by atoms with Crippen molar-refractivity contribution in [3.63, 3.8) is 0 Å². The van der Waals surface area contributed by atoms with Crippen molar-refractivity contribution in [2.24, 2.45) is 4.99 Å². The molecule has 3 rings (SSSR count). The largest absolute Gasteiger partial charge is 0.324 e. The molecule has 24 heavy (non-hydrogen) atoms. The van der Waals surface area contributed by atoms with Crippen molar-refractivity contribution >= 4 is 33.3 Å². The van der Waals surface area contributed by atoms with Crippen LogP contribution in [0.5, 0.6) is 0 Å². The molecular weight excluding hydrogens is 360 g/mol. The minimum atomic E-state index is -3.88. The Balaban J connectivity index is 2.21. The maximum atomic E-state index is 13.7. The van der Waals surface area contributed by atoms with Gasteiger partial charge in [-0.3, -0.25) is 0 Å². The summed E-state index contributed by atoms with van der Waals surface area (Å²) < 4.78 is 53.0. The molecule has 0 saturated carbocycles. The molecule has 0 aromatic heterocycles. The molecule has 0 radical (unpaired) electrons. The van der Waals surface area contributed by atoms with Crippen LogP contribution in [0.25, 0.3) is 11.1 Å². The molecule has 0 spiro atoms. The molecule has 5 nitrogen and oxygen atoms in total. The van der Waals surface area contributed by atoms with Crippen molar-refractivity contribution in [2.75, 3.05) is 18.5 Å². The molecule has 1 aliphatic rings. The van der Waals surface area contributed by atoms with Gasteiger partial charge in [-0.1, -0.05) is 35.9 Å². The molecule has 0 bridgehead atoms. The summed E-state index contributed by atoms with van der Waals surface area (Å²) in [5, 5.41) is 2.69. The quantitative estimate of drug-likeness (QED) is 0.870. The van der Waals surface area contributed by atoms with Gasteiger partial charge in [0.1, 0.15) is 17.4 Å². The van der Waals surface area contributed by atoms with E-state index in [1.54, 1.807) is 12.1 Å². The maximum absolute atomic E-state index is 13.7. The van der Waals surface area contributed by atoms with E-state index in [0.29, 0.717) is 11.1 Å². The summed E-state index contributed by atoms with van der Waals surface area (Å²) in [6.45, 7) is -0.916. The highest BCUT2D eigenvalue weighted by atomic mass is 35.5. The van der Waals surface area contributed by atoms with Crippen LogP contribution >= 0.6 is 11.6 Å². The average Bonchev–Trinajstić information content (AvgIpc) is 2.55. The minimum Gasteiger partial charge on any atom is -0.324 e. The molecule has 2 aromatic carbocycles. The summed E-state index contributed by atoms with van der Waals surface area (Å²) in [6.07, 6.45) is 0. The summed E-state index contributed by atoms with van der Waals surface area (Å²) in [7, 11) is -3.88. The molecule has 9 heteroatoms. The van der Waals surface area contributed by atoms with Gasteiger partial charge in [0.2, 0.25) is 5.96 Å². The number of halogens is 3. The van der Waals surface area contributed by atoms with Crippen molar-refractivity contribution in [1.82, 2.24) is 4.72 Å². The first-order valence-electron chi connectivity index (χ1n) is 6.91. The van der Waals surface area contributed by atoms with Gasteiger partial charge in [0, 0.05) is 11.1 Å². The van der Waals surface area contributed by atoms with Gasteiger partial charge < -0.3 is 5.32 Å². The lowest BCUT2D eigenvalue weighted by molar-refractivity contribution is 0.504. The highest BCUT2D eigenvalue weighted by Gasteiger charge is 2.29. The first-order chi connectivity index (χ1) is 11.4. The molecule has 0 unspecified atom stereocenters. The second-order valence-electron chi connectivity index (χ2n) is 4.93. The third-order valence-electron chi connectivity index (χ3n) is 3.39. The van der Waals surface area contributed by atoms with Crippen LogP contribution in [0.2, 0.25) is 5.02 Å². The number of para-hydroxylation sites is 1. The second kappa shape index (κ2) is 6.37. The summed E-state index contributed by atoms with van der Waals surface area (Å²) in [4.78, 5) is 3.78. The number of aliphatic imine (C=N–C) groups is 1. The van der Waals surface area contributed by atoms with E-state index < -0.39 is 22.5 Å². The lowest BCUT2D eigenvalue weighted by Crippen LogP contribution is -2.41. The molecule has 1 heterocycles. The number of alkyl halides is 1. The number of guanidine groups is 1. The molecule has 0 saturated heterocycles. The normalized spacial score (nSPS) is 17.0. The van der Waals surface area contributed by atoms with Crippen LogP contribution in [0.3, 0.4) is 0 Å². The lowest BCUT2D eigenvalue weighted by atomic mass is 10.0. The van der Waals surface area contributed by atoms with E-state index in [4.69, 9.17) is 11.6 Å². The van der Waals surface area contributed by atoms with Crippen LogP contribution < -0.4 is 10.0 Å². The number of hydrogen-bond acceptors (Lipinski definition) is 3. The van der Waals surface area contributed by atoms with E-state index in [9.17, 15) is 17.2 Å². The van der Waals surface area contributed by atoms with Gasteiger partial charge in [0.25, 0.3) is 10.0 Å². The van der Waals surface area contributed by atoms with Gasteiger partial charge in [-0.25, -0.2) is 26.9 Å². The van der Waals surface area contributed by atoms with Crippen molar-refractivity contribution in [1.29, 1.82) is 0 Å². The molecule has 1 aliphatic heterocycles. The fourth-order valence-corrected chi connectivity index (χ4v) is 3.77. The van der Waals surface area contributed by atoms with E-state index in [1.165, 1.54) is 24.3 Å². The fraction of sp³-hybridized carbons (Fsp3) is 0.133. The van der Waals surface area contributed by atoms with E-state index >= 15 is 0 Å². The van der Waals surface area contributed by atoms with Crippen molar-refractivity contribution in [3.05, 3.63) is 47.2 Å². The Bertz CT molecular complexity index is 932. The van der Waals surface area contributed by atoms with Crippen molar-refractivity contribution < 1.29 is 17.2 Å². The Morgan fingerprint density at radius 2 is 1.83 bits per heavy atom. The van der Waals surface area contributed by atoms with Gasteiger partial charge in [0.05, 0.1) is 17.3 Å². The number of anilines is 1. The first kappa shape index (κ1) is 16.7. The van der Waals surface area contributed by atoms with E-state index in [0.717, 1.165) is 0 Å². The zero-order chi connectivity index (χ0) is 17.3. The molecule has 2 aromatic rings. The third-order valence-corrected chi connectivity index (χ3v) is 5.15. The summed E-state index contributed by atoms with van der Waals surface area (Å²) in [6, 6.07) is 8.80. The highest BCUT2D eigenvalue weighted by Crippen LogP contribution is 2.39. The SMILES string of the molecule is O=S1(=O)NC(=NCCF)Nc2c(-c3cccc(F)c3Cl)cccc21. The van der Waals surface area contributed by atoms with Crippen LogP contribution in [0.15, 0.2) is 46.3 Å². The topological polar surface area (TPSA) is 70.6 Å². The van der Waals surface area contributed by atoms with Crippen LogP contribution in [-0.4, -0.2) is 27.6 Å². The Kier molecular flexibility index (Phi) is 4.42. The number of benzene rings is 2. The smallest absolute Gasteiger partial charge is 0.266 e. The van der Waals surface area contributed by atoms with Crippen molar-refractivity contribution in [2.45, 2.75) is 4.90 Å². The molecule has 2 N–H and O–H groups in total. The van der Waals surface area contributed by atoms with Gasteiger partial charge in [0.15, 0.2) is 0 Å². The number of fused-ring (bicyclic) bond motifs is 1. The molecule has 0 amide bonds. The van der Waals surface area contributed by atoms with Crippen LogP contribution in [0.4, 0.5) is 14.5 Å². The Labute approximate surface area is 142 Å². The van der Waals surface area contributed by atoms with Crippen molar-refractivity contribution in [3.8, 4) is 11.1 Å². The summed E-state index contributed by atoms with van der Waals surface area (Å²) in [5.41, 5.74) is 0.944. The average molecular weight is 372 g/mol. The fourth-order valence-electron chi connectivity index (χ4n) is 2.37. The van der Waals surface area contributed by atoms with Crippen LogP contribution in [0.1, 0.15) is 0 Å². The summed E-state index contributed by atoms with van der Waals surface area (Å²) >= 11 is 6.01. The number of hydrogen-bond donors (Lipinski definition) is 2. The molecule has 0 fully saturated rings. The minimum absolute atomic E-state index is 0.0282. The first-order valence-corrected chi connectivity index (χ1v) is 8.78. The van der Waals surface area contributed by atoms with Gasteiger partial charge in [-0.05, 0) is 12.1 Å². The standard InChI is InChI=1S/C15H12ClF2N3O2S/c16-13-9(3-1-5-11(13)18)10-4-2-6-12-14(10)20-15(19-8-7-17)21-24(12,22)23/h1-6H,7-8H2,(H2,19,20,21). The lowest BCUT2D eigenvalue weighted by Gasteiger charge is -2.24. The molecular formula is C15H12ClF2N3O2S. The van der Waals surface area contributed by atoms with Gasteiger partial charge in [-0.15, -0.1) is 0 Å². The van der Waals surface area contributed by atoms with E-state index in [2.05, 4.69) is 15.0 Å². The van der Waals surface area contributed by atoms with Gasteiger partial charge >= 0.3 is 0 Å². The predicted molar refractivity (Wildman–Crippen MR) is 89.1 cm³/mol. The molecule has 0 aliphatic carbocycles. The van der Waals surface area contributed by atoms with Gasteiger partial charge in [-0.2, -0.15) is 0 Å². The highest BCUT2D eigenvalue weighted by molar-refractivity contribution is 7.90. The van der Waals surface area contributed by atoms with E-state index in [-0.39, 0.29) is 28.1 Å².